The molecule has 1 amide bonds. The van der Waals surface area contributed by atoms with Crippen molar-refractivity contribution in [2.75, 3.05) is 31.6 Å². The van der Waals surface area contributed by atoms with Gasteiger partial charge < -0.3 is 9.80 Å². The molecule has 2 aliphatic heterocycles. The van der Waals surface area contributed by atoms with Crippen molar-refractivity contribution in [3.05, 3.63) is 89.2 Å². The fraction of sp³-hybridized carbons (Fsp3) is 0.375. The van der Waals surface area contributed by atoms with Crippen LogP contribution in [0.3, 0.4) is 0 Å². The standard InChI is InChI=1S/C32H34N4O/c1-35-30-8-4-3-7-26(30)32(31(35)37)20-27(32)24-14-15-25-28(33-34-29(25)19-24)16-13-22-9-11-23(12-10-22)21-36-17-5-2-6-18-36/h3-4,7-11,13-16,19,23,27H,2,5-6,12,17-18,20-21H2,1H3,(H,33,34)/b16-13+/t23?,27-,32-/m0/s1. The molecule has 1 saturated carbocycles. The average Bonchev–Trinajstić information content (AvgIpc) is 3.52. The molecular formula is C32H34N4O. The molecule has 188 valence electrons. The van der Waals surface area contributed by atoms with E-state index in [9.17, 15) is 4.79 Å². The molecule has 5 nitrogen and oxygen atoms in total. The van der Waals surface area contributed by atoms with Crippen molar-refractivity contribution in [2.24, 2.45) is 5.92 Å². The van der Waals surface area contributed by atoms with E-state index in [1.165, 1.54) is 55.6 Å². The van der Waals surface area contributed by atoms with Gasteiger partial charge in [0.2, 0.25) is 5.91 Å². The van der Waals surface area contributed by atoms with Gasteiger partial charge in [-0.05, 0) is 79.6 Å². The van der Waals surface area contributed by atoms with E-state index in [4.69, 9.17) is 0 Å². The summed E-state index contributed by atoms with van der Waals surface area (Å²) in [6.07, 6.45) is 17.4. The van der Waals surface area contributed by atoms with Crippen LogP contribution in [0, 0.1) is 5.92 Å². The Hall–Kier alpha value is -3.44. The molecule has 1 saturated heterocycles. The number of anilines is 1. The predicted molar refractivity (Wildman–Crippen MR) is 150 cm³/mol. The van der Waals surface area contributed by atoms with E-state index in [-0.39, 0.29) is 11.8 Å². The largest absolute Gasteiger partial charge is 0.314 e. The van der Waals surface area contributed by atoms with Gasteiger partial charge in [0.15, 0.2) is 0 Å². The molecule has 0 bridgehead atoms. The lowest BCUT2D eigenvalue weighted by Crippen LogP contribution is -2.33. The summed E-state index contributed by atoms with van der Waals surface area (Å²) in [4.78, 5) is 17.7. The van der Waals surface area contributed by atoms with Gasteiger partial charge in [0.05, 0.1) is 16.6 Å². The Morgan fingerprint density at radius 2 is 1.97 bits per heavy atom. The maximum Gasteiger partial charge on any atom is 0.238 e. The van der Waals surface area contributed by atoms with Gasteiger partial charge in [-0.15, -0.1) is 0 Å². The van der Waals surface area contributed by atoms with Crippen LogP contribution in [-0.4, -0.2) is 47.7 Å². The van der Waals surface area contributed by atoms with Crippen molar-refractivity contribution in [1.82, 2.24) is 15.1 Å². The molecule has 2 aliphatic carbocycles. The van der Waals surface area contributed by atoms with E-state index < -0.39 is 5.41 Å². The number of nitrogens with zero attached hydrogens (tertiary/aromatic N) is 3. The van der Waals surface area contributed by atoms with Crippen LogP contribution in [-0.2, 0) is 10.2 Å². The summed E-state index contributed by atoms with van der Waals surface area (Å²) in [5.41, 5.74) is 6.28. The third-order valence-corrected chi connectivity index (χ3v) is 9.00. The number of nitrogens with one attached hydrogen (secondary N) is 1. The van der Waals surface area contributed by atoms with Gasteiger partial charge in [0.25, 0.3) is 0 Å². The molecule has 4 aliphatic rings. The maximum absolute atomic E-state index is 13.2. The van der Waals surface area contributed by atoms with Crippen LogP contribution in [0.5, 0.6) is 0 Å². The number of likely N-dealkylation sites (tertiary alicyclic amines) is 1. The minimum atomic E-state index is -0.395. The smallest absolute Gasteiger partial charge is 0.238 e. The fourth-order valence-corrected chi connectivity index (χ4v) is 6.86. The number of piperidine rings is 1. The third-order valence-electron chi connectivity index (χ3n) is 9.00. The number of allylic oxidation sites excluding steroid dienone is 4. The number of carbonyl (C=O) groups is 1. The molecule has 5 heteroatoms. The van der Waals surface area contributed by atoms with Gasteiger partial charge in [-0.25, -0.2) is 0 Å². The number of aromatic nitrogens is 2. The number of aromatic amines is 1. The Morgan fingerprint density at radius 1 is 1.11 bits per heavy atom. The number of fused-ring (bicyclic) bond motifs is 3. The second-order valence-electron chi connectivity index (χ2n) is 11.3. The number of benzene rings is 2. The minimum Gasteiger partial charge on any atom is -0.314 e. The van der Waals surface area contributed by atoms with E-state index in [1.54, 1.807) is 0 Å². The second-order valence-corrected chi connectivity index (χ2v) is 11.3. The number of carbonyl (C=O) groups excluding carboxylic acids is 1. The molecule has 1 spiro atoms. The second kappa shape index (κ2) is 8.84. The van der Waals surface area contributed by atoms with E-state index in [1.807, 2.05) is 24.1 Å². The van der Waals surface area contributed by atoms with Gasteiger partial charge in [-0.3, -0.25) is 9.89 Å². The van der Waals surface area contributed by atoms with Crippen LogP contribution in [0.2, 0.25) is 0 Å². The number of likely N-dealkylation sites (N-methyl/N-ethyl adjacent to an activating group) is 1. The molecule has 3 aromatic rings. The van der Waals surface area contributed by atoms with E-state index >= 15 is 0 Å². The summed E-state index contributed by atoms with van der Waals surface area (Å²) in [5.74, 6) is 1.07. The molecule has 2 fully saturated rings. The third kappa shape index (κ3) is 3.79. The first-order chi connectivity index (χ1) is 18.1. The Bertz CT molecular complexity index is 1460. The monoisotopic (exact) mass is 490 g/mol. The van der Waals surface area contributed by atoms with Crippen molar-refractivity contribution in [3.63, 3.8) is 0 Å². The molecular weight excluding hydrogens is 456 g/mol. The van der Waals surface area contributed by atoms with Crippen LogP contribution >= 0.6 is 0 Å². The first kappa shape index (κ1) is 22.7. The Balaban J connectivity index is 1.05. The van der Waals surface area contributed by atoms with Crippen LogP contribution in [0.4, 0.5) is 5.69 Å². The number of H-pyrrole nitrogens is 1. The Labute approximate surface area is 218 Å². The lowest BCUT2D eigenvalue weighted by atomic mass is 9.92. The molecule has 0 radical (unpaired) electrons. The highest BCUT2D eigenvalue weighted by Crippen LogP contribution is 2.66. The van der Waals surface area contributed by atoms with Crippen molar-refractivity contribution in [3.8, 4) is 0 Å². The Kier molecular flexibility index (Phi) is 5.43. The minimum absolute atomic E-state index is 0.216. The van der Waals surface area contributed by atoms with Crippen molar-refractivity contribution in [1.29, 1.82) is 0 Å². The zero-order valence-corrected chi connectivity index (χ0v) is 21.5. The average molecular weight is 491 g/mol. The van der Waals surface area contributed by atoms with Crippen molar-refractivity contribution < 1.29 is 4.79 Å². The Morgan fingerprint density at radius 3 is 2.81 bits per heavy atom. The molecule has 3 heterocycles. The van der Waals surface area contributed by atoms with Crippen LogP contribution in [0.1, 0.15) is 54.8 Å². The lowest BCUT2D eigenvalue weighted by Gasteiger charge is -2.29. The summed E-state index contributed by atoms with van der Waals surface area (Å²) >= 11 is 0. The zero-order chi connectivity index (χ0) is 25.0. The molecule has 2 aromatic carbocycles. The number of rotatable bonds is 5. The molecule has 1 N–H and O–H groups in total. The molecule has 1 unspecified atom stereocenters. The number of hydrogen-bond acceptors (Lipinski definition) is 3. The van der Waals surface area contributed by atoms with E-state index in [0.29, 0.717) is 5.92 Å². The molecule has 1 aromatic heterocycles. The van der Waals surface area contributed by atoms with Crippen molar-refractivity contribution in [2.45, 2.75) is 43.4 Å². The lowest BCUT2D eigenvalue weighted by molar-refractivity contribution is -0.120. The predicted octanol–water partition coefficient (Wildman–Crippen LogP) is 5.97. The van der Waals surface area contributed by atoms with Crippen LogP contribution in [0.25, 0.3) is 17.0 Å². The maximum atomic E-state index is 13.2. The van der Waals surface area contributed by atoms with Gasteiger partial charge >= 0.3 is 0 Å². The number of amides is 1. The quantitative estimate of drug-likeness (QED) is 0.480. The number of para-hydroxylation sites is 1. The first-order valence-corrected chi connectivity index (χ1v) is 13.8. The highest BCUT2D eigenvalue weighted by molar-refractivity contribution is 6.11. The normalized spacial score (nSPS) is 27.4. The number of hydrogen-bond donors (Lipinski definition) is 1. The van der Waals surface area contributed by atoms with Gasteiger partial charge in [-0.1, -0.05) is 61.1 Å². The summed E-state index contributed by atoms with van der Waals surface area (Å²) in [5, 5.41) is 8.95. The molecule has 3 atom stereocenters. The van der Waals surface area contributed by atoms with Gasteiger partial charge in [0.1, 0.15) is 0 Å². The van der Waals surface area contributed by atoms with Crippen LogP contribution in [0.15, 0.2) is 72.3 Å². The van der Waals surface area contributed by atoms with E-state index in [0.717, 1.165) is 35.1 Å². The summed E-state index contributed by atoms with van der Waals surface area (Å²) < 4.78 is 0. The molecule has 7 rings (SSSR count). The summed E-state index contributed by atoms with van der Waals surface area (Å²) in [6.45, 7) is 3.71. The summed E-state index contributed by atoms with van der Waals surface area (Å²) in [6, 6.07) is 14.8. The summed E-state index contributed by atoms with van der Waals surface area (Å²) in [7, 11) is 1.90. The molecule has 37 heavy (non-hydrogen) atoms. The topological polar surface area (TPSA) is 52.2 Å². The zero-order valence-electron chi connectivity index (χ0n) is 21.5. The fourth-order valence-electron chi connectivity index (χ4n) is 6.86. The first-order valence-electron chi connectivity index (χ1n) is 13.8. The van der Waals surface area contributed by atoms with Gasteiger partial charge in [-0.2, -0.15) is 5.10 Å². The van der Waals surface area contributed by atoms with Crippen molar-refractivity contribution >= 4 is 28.6 Å². The highest BCUT2D eigenvalue weighted by atomic mass is 16.2. The van der Waals surface area contributed by atoms with Crippen LogP contribution < -0.4 is 4.90 Å². The highest BCUT2D eigenvalue weighted by Gasteiger charge is 2.66. The van der Waals surface area contributed by atoms with Gasteiger partial charge in [0, 0.05) is 30.6 Å². The van der Waals surface area contributed by atoms with E-state index in [2.05, 4.69) is 75.8 Å². The SMILES string of the molecule is CN1C(=O)[C@@]2(C[C@H]2c2ccc3c(/C=C/C4=CCC(CN5CCCCC5)C=C4)n[nH]c3c2)c2ccccc21.